The first-order valence-electron chi connectivity index (χ1n) is 6.90. The third-order valence-electron chi connectivity index (χ3n) is 3.35. The molecule has 1 aromatic carbocycles. The van der Waals surface area contributed by atoms with E-state index in [0.717, 1.165) is 31.7 Å². The van der Waals surface area contributed by atoms with Crippen molar-refractivity contribution in [1.82, 2.24) is 5.32 Å². The zero-order valence-corrected chi connectivity index (χ0v) is 12.3. The predicted octanol–water partition coefficient (Wildman–Crippen LogP) is 2.66. The van der Waals surface area contributed by atoms with Crippen LogP contribution < -0.4 is 10.2 Å². The molecule has 1 amide bonds. The minimum absolute atomic E-state index is 0.253. The standard InChI is InChI=1S/C15H22N2OS/c1-19-11-3-9-16-12-13-5-7-14(8-6-13)17-10-2-4-15(17)18/h5-8,16H,2-4,9-12H2,1H3. The molecule has 0 aromatic heterocycles. The lowest BCUT2D eigenvalue weighted by Gasteiger charge is -2.16. The normalized spacial score (nSPS) is 15.2. The predicted molar refractivity (Wildman–Crippen MR) is 82.7 cm³/mol. The van der Waals surface area contributed by atoms with E-state index >= 15 is 0 Å². The third-order valence-corrected chi connectivity index (χ3v) is 4.05. The molecule has 104 valence electrons. The van der Waals surface area contributed by atoms with Crippen LogP contribution in [0.2, 0.25) is 0 Å². The number of benzene rings is 1. The Morgan fingerprint density at radius 3 is 2.74 bits per heavy atom. The summed E-state index contributed by atoms with van der Waals surface area (Å²) in [5, 5.41) is 3.44. The van der Waals surface area contributed by atoms with Crippen molar-refractivity contribution in [2.75, 3.05) is 30.0 Å². The van der Waals surface area contributed by atoms with Gasteiger partial charge in [0, 0.05) is 25.2 Å². The summed E-state index contributed by atoms with van der Waals surface area (Å²) in [5.41, 5.74) is 2.31. The van der Waals surface area contributed by atoms with E-state index in [9.17, 15) is 4.79 Å². The van der Waals surface area contributed by atoms with Crippen LogP contribution in [0.3, 0.4) is 0 Å². The number of rotatable bonds is 7. The number of nitrogens with zero attached hydrogens (tertiary/aromatic N) is 1. The fraction of sp³-hybridized carbons (Fsp3) is 0.533. The smallest absolute Gasteiger partial charge is 0.227 e. The fourth-order valence-electron chi connectivity index (χ4n) is 2.29. The first-order chi connectivity index (χ1) is 9.31. The molecule has 0 aliphatic carbocycles. The van der Waals surface area contributed by atoms with Gasteiger partial charge in [-0.05, 0) is 49.1 Å². The molecule has 4 heteroatoms. The Kier molecular flexibility index (Phi) is 5.73. The lowest BCUT2D eigenvalue weighted by atomic mass is 10.2. The lowest BCUT2D eigenvalue weighted by molar-refractivity contribution is -0.117. The fourth-order valence-corrected chi connectivity index (χ4v) is 2.72. The summed E-state index contributed by atoms with van der Waals surface area (Å²) >= 11 is 1.89. The molecule has 2 rings (SSSR count). The van der Waals surface area contributed by atoms with Gasteiger partial charge in [-0.25, -0.2) is 0 Å². The van der Waals surface area contributed by atoms with E-state index in [2.05, 4.69) is 35.8 Å². The van der Waals surface area contributed by atoms with E-state index in [1.54, 1.807) is 0 Å². The quantitative estimate of drug-likeness (QED) is 0.778. The van der Waals surface area contributed by atoms with Crippen molar-refractivity contribution in [1.29, 1.82) is 0 Å². The Hall–Kier alpha value is -1.00. The maximum atomic E-state index is 11.6. The third kappa shape index (κ3) is 4.25. The Morgan fingerprint density at radius 2 is 2.11 bits per heavy atom. The van der Waals surface area contributed by atoms with E-state index in [-0.39, 0.29) is 5.91 Å². The molecule has 0 atom stereocenters. The highest BCUT2D eigenvalue weighted by Gasteiger charge is 2.21. The van der Waals surface area contributed by atoms with Gasteiger partial charge in [-0.2, -0.15) is 11.8 Å². The maximum Gasteiger partial charge on any atom is 0.227 e. The second-order valence-electron chi connectivity index (χ2n) is 4.84. The van der Waals surface area contributed by atoms with Crippen LogP contribution in [0.15, 0.2) is 24.3 Å². The summed E-state index contributed by atoms with van der Waals surface area (Å²) in [5.74, 6) is 1.46. The molecule has 0 spiro atoms. The second-order valence-corrected chi connectivity index (χ2v) is 5.82. The van der Waals surface area contributed by atoms with Gasteiger partial charge in [0.25, 0.3) is 0 Å². The molecule has 0 bridgehead atoms. The van der Waals surface area contributed by atoms with E-state index < -0.39 is 0 Å². The topological polar surface area (TPSA) is 32.3 Å². The van der Waals surface area contributed by atoms with Crippen LogP contribution in [0, 0.1) is 0 Å². The van der Waals surface area contributed by atoms with Crippen LogP contribution in [-0.2, 0) is 11.3 Å². The molecule has 0 saturated carbocycles. The van der Waals surface area contributed by atoms with E-state index in [1.807, 2.05) is 16.7 Å². The Labute approximate surface area is 119 Å². The molecule has 19 heavy (non-hydrogen) atoms. The number of carbonyl (C=O) groups is 1. The molecule has 1 aliphatic heterocycles. The van der Waals surface area contributed by atoms with Gasteiger partial charge in [-0.15, -0.1) is 0 Å². The van der Waals surface area contributed by atoms with Gasteiger partial charge < -0.3 is 10.2 Å². The van der Waals surface area contributed by atoms with Crippen LogP contribution >= 0.6 is 11.8 Å². The van der Waals surface area contributed by atoms with Crippen LogP contribution in [0.1, 0.15) is 24.8 Å². The highest BCUT2D eigenvalue weighted by atomic mass is 32.2. The summed E-state index contributed by atoms with van der Waals surface area (Å²) in [7, 11) is 0. The summed E-state index contributed by atoms with van der Waals surface area (Å²) in [4.78, 5) is 13.5. The van der Waals surface area contributed by atoms with Crippen LogP contribution in [0.4, 0.5) is 5.69 Å². The zero-order chi connectivity index (χ0) is 13.5. The largest absolute Gasteiger partial charge is 0.313 e. The van der Waals surface area contributed by atoms with E-state index in [0.29, 0.717) is 6.42 Å². The van der Waals surface area contributed by atoms with Crippen LogP contribution in [-0.4, -0.2) is 31.0 Å². The van der Waals surface area contributed by atoms with Crippen molar-refractivity contribution in [3.63, 3.8) is 0 Å². The molecule has 1 saturated heterocycles. The maximum absolute atomic E-state index is 11.6. The van der Waals surface area contributed by atoms with Crippen molar-refractivity contribution >= 4 is 23.4 Å². The van der Waals surface area contributed by atoms with Crippen molar-refractivity contribution in [2.24, 2.45) is 0 Å². The number of hydrogen-bond donors (Lipinski definition) is 1. The monoisotopic (exact) mass is 278 g/mol. The Balaban J connectivity index is 1.79. The minimum atomic E-state index is 0.253. The van der Waals surface area contributed by atoms with Gasteiger partial charge in [-0.1, -0.05) is 12.1 Å². The highest BCUT2D eigenvalue weighted by molar-refractivity contribution is 7.98. The molecule has 0 unspecified atom stereocenters. The average Bonchev–Trinajstić information content (AvgIpc) is 2.86. The van der Waals surface area contributed by atoms with Crippen molar-refractivity contribution in [2.45, 2.75) is 25.8 Å². The molecule has 3 nitrogen and oxygen atoms in total. The van der Waals surface area contributed by atoms with Gasteiger partial charge >= 0.3 is 0 Å². The highest BCUT2D eigenvalue weighted by Crippen LogP contribution is 2.21. The van der Waals surface area contributed by atoms with Crippen molar-refractivity contribution < 1.29 is 4.79 Å². The van der Waals surface area contributed by atoms with Crippen molar-refractivity contribution in [3.8, 4) is 0 Å². The van der Waals surface area contributed by atoms with Crippen molar-refractivity contribution in [3.05, 3.63) is 29.8 Å². The number of anilines is 1. The summed E-state index contributed by atoms with van der Waals surface area (Å²) < 4.78 is 0. The van der Waals surface area contributed by atoms with Gasteiger partial charge in [0.05, 0.1) is 0 Å². The lowest BCUT2D eigenvalue weighted by Crippen LogP contribution is -2.23. The van der Waals surface area contributed by atoms with Gasteiger partial charge in [-0.3, -0.25) is 4.79 Å². The molecule has 1 aromatic rings. The Bertz CT molecular complexity index is 405. The Morgan fingerprint density at radius 1 is 1.32 bits per heavy atom. The van der Waals surface area contributed by atoms with Crippen LogP contribution in [0.25, 0.3) is 0 Å². The first-order valence-corrected chi connectivity index (χ1v) is 8.29. The second kappa shape index (κ2) is 7.56. The number of amides is 1. The van der Waals surface area contributed by atoms with Gasteiger partial charge in [0.2, 0.25) is 5.91 Å². The molecule has 1 heterocycles. The molecule has 1 fully saturated rings. The SMILES string of the molecule is CSCCCNCc1ccc(N2CCCC2=O)cc1. The van der Waals surface area contributed by atoms with Gasteiger partial charge in [0.15, 0.2) is 0 Å². The molecule has 1 N–H and O–H groups in total. The summed E-state index contributed by atoms with van der Waals surface area (Å²) in [6.45, 7) is 2.83. The summed E-state index contributed by atoms with van der Waals surface area (Å²) in [6.07, 6.45) is 5.02. The average molecular weight is 278 g/mol. The number of nitrogens with one attached hydrogen (secondary N) is 1. The first kappa shape index (κ1) is 14.4. The molecule has 1 aliphatic rings. The number of hydrogen-bond acceptors (Lipinski definition) is 3. The van der Waals surface area contributed by atoms with Gasteiger partial charge in [0.1, 0.15) is 0 Å². The molecular weight excluding hydrogens is 256 g/mol. The number of carbonyl (C=O) groups excluding carboxylic acids is 1. The summed E-state index contributed by atoms with van der Waals surface area (Å²) in [6, 6.07) is 8.34. The van der Waals surface area contributed by atoms with Crippen LogP contribution in [0.5, 0.6) is 0 Å². The molecular formula is C15H22N2OS. The number of thioether (sulfide) groups is 1. The minimum Gasteiger partial charge on any atom is -0.313 e. The zero-order valence-electron chi connectivity index (χ0n) is 11.5. The molecule has 0 radical (unpaired) electrons. The van der Waals surface area contributed by atoms with E-state index in [1.165, 1.54) is 17.7 Å². The van der Waals surface area contributed by atoms with E-state index in [4.69, 9.17) is 0 Å².